The lowest BCUT2D eigenvalue weighted by molar-refractivity contribution is -0.132. The monoisotopic (exact) mass is 454 g/mol. The van der Waals surface area contributed by atoms with Gasteiger partial charge in [0.05, 0.1) is 0 Å². The number of carbonyl (C=O) groups excluding carboxylic acids is 2. The van der Waals surface area contributed by atoms with Crippen LogP contribution in [0.15, 0.2) is 54.9 Å². The second kappa shape index (κ2) is 14.0. The summed E-state index contributed by atoms with van der Waals surface area (Å²) < 4.78 is 0. The Hall–Kier alpha value is -2.15. The van der Waals surface area contributed by atoms with Crippen LogP contribution in [-0.4, -0.2) is 47.4 Å². The van der Waals surface area contributed by atoms with Crippen LogP contribution in [0.4, 0.5) is 0 Å². The Morgan fingerprint density at radius 1 is 1.10 bits per heavy atom. The van der Waals surface area contributed by atoms with Gasteiger partial charge in [-0.3, -0.25) is 14.6 Å². The van der Waals surface area contributed by atoms with E-state index in [9.17, 15) is 9.59 Å². The number of nitrogens with one attached hydrogen (secondary N) is 1. The summed E-state index contributed by atoms with van der Waals surface area (Å²) in [5, 5.41) is 2.88. The van der Waals surface area contributed by atoms with Crippen LogP contribution < -0.4 is 11.1 Å². The minimum Gasteiger partial charge on any atom is -0.344 e. The highest BCUT2D eigenvalue weighted by molar-refractivity contribution is 5.97. The predicted octanol–water partition coefficient (Wildman–Crippen LogP) is 3.10. The number of aromatic nitrogens is 1. The van der Waals surface area contributed by atoms with Crippen molar-refractivity contribution < 1.29 is 9.59 Å². The number of rotatable bonds is 9. The van der Waals surface area contributed by atoms with Gasteiger partial charge in [-0.2, -0.15) is 0 Å². The second-order valence-electron chi connectivity index (χ2n) is 7.41. The Morgan fingerprint density at radius 2 is 1.77 bits per heavy atom. The average molecular weight is 455 g/mol. The van der Waals surface area contributed by atoms with E-state index in [-0.39, 0.29) is 42.7 Å². The number of likely N-dealkylation sites (N-methyl/N-ethyl adjacent to an activating group) is 1. The molecule has 0 aliphatic carbocycles. The first-order valence-corrected chi connectivity index (χ1v) is 9.64. The molecule has 166 valence electrons. The Labute approximate surface area is 191 Å². The van der Waals surface area contributed by atoms with Gasteiger partial charge in [0.2, 0.25) is 5.91 Å². The first kappa shape index (κ1) is 27.8. The smallest absolute Gasteiger partial charge is 0.251 e. The van der Waals surface area contributed by atoms with Crippen molar-refractivity contribution in [3.63, 3.8) is 0 Å². The van der Waals surface area contributed by atoms with Gasteiger partial charge in [0, 0.05) is 44.0 Å². The van der Waals surface area contributed by atoms with Crippen LogP contribution in [0.1, 0.15) is 36.2 Å². The van der Waals surface area contributed by atoms with Gasteiger partial charge in [0.1, 0.15) is 6.04 Å². The van der Waals surface area contributed by atoms with E-state index in [1.807, 2.05) is 18.2 Å². The number of benzene rings is 1. The van der Waals surface area contributed by atoms with Gasteiger partial charge in [0.15, 0.2) is 0 Å². The Kier molecular flexibility index (Phi) is 13.0. The molecule has 0 fully saturated rings. The molecule has 1 aromatic carbocycles. The standard InChI is InChI=1S/C22H30N4O2.2ClH/c1-16(2)19(23)11-13-26(3)22(28)20(14-17-8-7-12-24-15-17)25-21(27)18-9-5-4-6-10-18;;/h4-10,12,15-16,19-20H,11,13-14,23H2,1-3H3,(H,25,27);2*1H. The molecule has 30 heavy (non-hydrogen) atoms. The van der Waals surface area contributed by atoms with Crippen molar-refractivity contribution in [2.75, 3.05) is 13.6 Å². The molecule has 3 N–H and O–H groups in total. The Balaban J connectivity index is 0.00000420. The molecule has 8 heteroatoms. The molecular formula is C22H32Cl2N4O2. The fraction of sp³-hybridized carbons (Fsp3) is 0.409. The quantitative estimate of drug-likeness (QED) is 0.608. The second-order valence-corrected chi connectivity index (χ2v) is 7.41. The number of amides is 2. The third-order valence-corrected chi connectivity index (χ3v) is 4.83. The van der Waals surface area contributed by atoms with Crippen LogP contribution in [0, 0.1) is 5.92 Å². The van der Waals surface area contributed by atoms with Crippen molar-refractivity contribution >= 4 is 36.6 Å². The predicted molar refractivity (Wildman–Crippen MR) is 125 cm³/mol. The van der Waals surface area contributed by atoms with E-state index in [2.05, 4.69) is 24.1 Å². The molecule has 1 aromatic heterocycles. The molecule has 2 atom stereocenters. The normalized spacial score (nSPS) is 12.2. The van der Waals surface area contributed by atoms with Crippen LogP contribution in [0.3, 0.4) is 0 Å². The zero-order valence-electron chi connectivity index (χ0n) is 17.7. The third-order valence-electron chi connectivity index (χ3n) is 4.83. The fourth-order valence-corrected chi connectivity index (χ4v) is 2.84. The van der Waals surface area contributed by atoms with Gasteiger partial charge in [-0.15, -0.1) is 24.8 Å². The summed E-state index contributed by atoms with van der Waals surface area (Å²) >= 11 is 0. The van der Waals surface area contributed by atoms with Crippen molar-refractivity contribution in [3.05, 3.63) is 66.0 Å². The summed E-state index contributed by atoms with van der Waals surface area (Å²) in [7, 11) is 1.75. The summed E-state index contributed by atoms with van der Waals surface area (Å²) in [4.78, 5) is 31.4. The SMILES string of the molecule is CC(C)C(N)CCN(C)C(=O)C(Cc1cccnc1)NC(=O)c1ccccc1.Cl.Cl. The van der Waals surface area contributed by atoms with Crippen LogP contribution in [0.25, 0.3) is 0 Å². The molecule has 0 aliphatic heterocycles. The van der Waals surface area contributed by atoms with E-state index < -0.39 is 6.04 Å². The minimum atomic E-state index is -0.669. The molecule has 0 saturated carbocycles. The van der Waals surface area contributed by atoms with Gasteiger partial charge < -0.3 is 16.0 Å². The number of hydrogen-bond donors (Lipinski definition) is 2. The number of nitrogens with zero attached hydrogens (tertiary/aromatic N) is 2. The molecule has 0 radical (unpaired) electrons. The Bertz CT molecular complexity index is 760. The van der Waals surface area contributed by atoms with Crippen molar-refractivity contribution in [3.8, 4) is 0 Å². The van der Waals surface area contributed by atoms with Crippen LogP contribution in [0.2, 0.25) is 0 Å². The molecule has 0 saturated heterocycles. The lowest BCUT2D eigenvalue weighted by Crippen LogP contribution is -2.49. The molecule has 2 amide bonds. The molecule has 0 aliphatic rings. The third kappa shape index (κ3) is 8.69. The highest BCUT2D eigenvalue weighted by Gasteiger charge is 2.25. The first-order valence-electron chi connectivity index (χ1n) is 9.64. The van der Waals surface area contributed by atoms with E-state index in [4.69, 9.17) is 5.73 Å². The van der Waals surface area contributed by atoms with Crippen molar-refractivity contribution in [2.45, 2.75) is 38.8 Å². The topological polar surface area (TPSA) is 88.3 Å². The highest BCUT2D eigenvalue weighted by atomic mass is 35.5. The number of halogens is 2. The summed E-state index contributed by atoms with van der Waals surface area (Å²) in [5.41, 5.74) is 7.52. The summed E-state index contributed by atoms with van der Waals surface area (Å²) in [6.45, 7) is 4.68. The van der Waals surface area contributed by atoms with Gasteiger partial charge >= 0.3 is 0 Å². The van der Waals surface area contributed by atoms with Crippen LogP contribution in [-0.2, 0) is 11.2 Å². The van der Waals surface area contributed by atoms with Crippen molar-refractivity contribution in [2.24, 2.45) is 11.7 Å². The maximum absolute atomic E-state index is 13.0. The van der Waals surface area contributed by atoms with Gasteiger partial charge in [-0.25, -0.2) is 0 Å². The molecular weight excluding hydrogens is 423 g/mol. The molecule has 2 rings (SSSR count). The summed E-state index contributed by atoms with van der Waals surface area (Å²) in [6, 6.07) is 12.0. The van der Waals surface area contributed by atoms with Crippen molar-refractivity contribution in [1.29, 1.82) is 0 Å². The zero-order chi connectivity index (χ0) is 20.5. The summed E-state index contributed by atoms with van der Waals surface area (Å²) in [5.74, 6) is -0.0494. The maximum atomic E-state index is 13.0. The van der Waals surface area contributed by atoms with E-state index in [1.165, 1.54) is 0 Å². The molecule has 0 bridgehead atoms. The number of carbonyl (C=O) groups is 2. The summed E-state index contributed by atoms with van der Waals surface area (Å²) in [6.07, 6.45) is 4.49. The molecule has 2 unspecified atom stereocenters. The Morgan fingerprint density at radius 3 is 2.33 bits per heavy atom. The van der Waals surface area contributed by atoms with Crippen molar-refractivity contribution in [1.82, 2.24) is 15.2 Å². The van der Waals surface area contributed by atoms with E-state index in [1.54, 1.807) is 48.6 Å². The highest BCUT2D eigenvalue weighted by Crippen LogP contribution is 2.09. The van der Waals surface area contributed by atoms with Gasteiger partial charge in [-0.1, -0.05) is 38.1 Å². The fourth-order valence-electron chi connectivity index (χ4n) is 2.84. The van der Waals surface area contributed by atoms with Gasteiger partial charge in [0.25, 0.3) is 5.91 Å². The molecule has 1 heterocycles. The molecule has 2 aromatic rings. The maximum Gasteiger partial charge on any atom is 0.251 e. The average Bonchev–Trinajstić information content (AvgIpc) is 2.71. The first-order chi connectivity index (χ1) is 13.4. The number of hydrogen-bond acceptors (Lipinski definition) is 4. The van der Waals surface area contributed by atoms with E-state index >= 15 is 0 Å². The zero-order valence-corrected chi connectivity index (χ0v) is 19.3. The minimum absolute atomic E-state index is 0. The molecule has 6 nitrogen and oxygen atoms in total. The number of pyridine rings is 1. The van der Waals surface area contributed by atoms with Crippen LogP contribution in [0.5, 0.6) is 0 Å². The van der Waals surface area contributed by atoms with E-state index in [0.29, 0.717) is 30.9 Å². The van der Waals surface area contributed by atoms with Gasteiger partial charge in [-0.05, 0) is 36.1 Å². The lowest BCUT2D eigenvalue weighted by Gasteiger charge is -2.26. The largest absolute Gasteiger partial charge is 0.344 e. The van der Waals surface area contributed by atoms with Crippen LogP contribution >= 0.6 is 24.8 Å². The number of nitrogens with two attached hydrogens (primary N) is 1. The lowest BCUT2D eigenvalue weighted by atomic mass is 10.0. The molecule has 0 spiro atoms. The van der Waals surface area contributed by atoms with E-state index in [0.717, 1.165) is 5.56 Å².